The highest BCUT2D eigenvalue weighted by molar-refractivity contribution is 5.71. The molecule has 276 valence electrons. The summed E-state index contributed by atoms with van der Waals surface area (Å²) in [4.78, 5) is 34.0. The van der Waals surface area contributed by atoms with E-state index >= 15 is 0 Å². The molecule has 6 rings (SSSR count). The summed E-state index contributed by atoms with van der Waals surface area (Å²) in [5.41, 5.74) is 1.24. The zero-order valence-corrected chi connectivity index (χ0v) is 28.9. The lowest BCUT2D eigenvalue weighted by atomic mass is 9.90. The molecule has 0 heterocycles. The van der Waals surface area contributed by atoms with Gasteiger partial charge in [0, 0.05) is 17.8 Å². The van der Waals surface area contributed by atoms with E-state index in [0.717, 1.165) is 38.5 Å². The lowest BCUT2D eigenvalue weighted by Crippen LogP contribution is -2.11. The van der Waals surface area contributed by atoms with Crippen molar-refractivity contribution in [3.05, 3.63) is 88.7 Å². The van der Waals surface area contributed by atoms with Crippen LogP contribution in [-0.4, -0.2) is 54.6 Å². The SMILES string of the molecule is COC(=O)CC(c1cccc(O)c1F)C1CC1.COC(=O)C[C@@H](c1cccc(O)c1F)C1CC1.COC(=O)C[C@H](c1cccc(O)c1F)C1CC1. The van der Waals surface area contributed by atoms with Crippen LogP contribution in [-0.2, 0) is 28.6 Å². The molecule has 3 aliphatic rings. The third-order valence-corrected chi connectivity index (χ3v) is 9.64. The first-order valence-electron chi connectivity index (χ1n) is 17.0. The van der Waals surface area contributed by atoms with Gasteiger partial charge in [-0.3, -0.25) is 14.4 Å². The van der Waals surface area contributed by atoms with Crippen molar-refractivity contribution >= 4 is 17.9 Å². The summed E-state index contributed by atoms with van der Waals surface area (Å²) in [6.45, 7) is 0. The standard InChI is InChI=1S/3C13H15FO3/c3*1-17-12(16)7-10(8-5-6-8)9-3-2-4-11(15)13(9)14/h3*2-4,8,10,15H,5-7H2,1H3/t2*10-;/m10./s1. The minimum absolute atomic E-state index is 0.168. The van der Waals surface area contributed by atoms with Crippen LogP contribution < -0.4 is 0 Å². The number of rotatable bonds is 12. The zero-order valence-electron chi connectivity index (χ0n) is 28.9. The largest absolute Gasteiger partial charge is 0.505 e. The third-order valence-electron chi connectivity index (χ3n) is 9.64. The predicted molar refractivity (Wildman–Crippen MR) is 180 cm³/mol. The number of phenols is 3. The quantitative estimate of drug-likeness (QED) is 0.127. The van der Waals surface area contributed by atoms with Gasteiger partial charge in [-0.15, -0.1) is 0 Å². The molecule has 0 aliphatic heterocycles. The van der Waals surface area contributed by atoms with Crippen LogP contribution in [0.2, 0.25) is 0 Å². The van der Waals surface area contributed by atoms with Crippen LogP contribution in [0, 0.1) is 35.2 Å². The highest BCUT2D eigenvalue weighted by atomic mass is 19.1. The molecular weight excluding hydrogens is 669 g/mol. The smallest absolute Gasteiger partial charge is 0.306 e. The Kier molecular flexibility index (Phi) is 13.8. The zero-order chi connectivity index (χ0) is 37.2. The maximum atomic E-state index is 13.8. The van der Waals surface area contributed by atoms with Crippen LogP contribution in [0.25, 0.3) is 0 Å². The second-order valence-corrected chi connectivity index (χ2v) is 13.2. The Bertz CT molecular complexity index is 1470. The van der Waals surface area contributed by atoms with E-state index in [0.29, 0.717) is 34.4 Å². The lowest BCUT2D eigenvalue weighted by molar-refractivity contribution is -0.142. The molecule has 3 atom stereocenters. The average Bonchev–Trinajstić information content (AvgIpc) is 3.96. The van der Waals surface area contributed by atoms with Gasteiger partial charge in [-0.2, -0.15) is 0 Å². The number of aromatic hydroxyl groups is 3. The monoisotopic (exact) mass is 714 g/mol. The van der Waals surface area contributed by atoms with Crippen molar-refractivity contribution in [2.75, 3.05) is 21.3 Å². The Morgan fingerprint density at radius 2 is 0.765 bits per heavy atom. The molecule has 0 amide bonds. The second kappa shape index (κ2) is 18.0. The van der Waals surface area contributed by atoms with Gasteiger partial charge in [0.25, 0.3) is 0 Å². The van der Waals surface area contributed by atoms with Crippen molar-refractivity contribution < 1.29 is 57.1 Å². The van der Waals surface area contributed by atoms with Crippen LogP contribution >= 0.6 is 0 Å². The highest BCUT2D eigenvalue weighted by Crippen LogP contribution is 2.48. The summed E-state index contributed by atoms with van der Waals surface area (Å²) in [6.07, 6.45) is 6.49. The number of ether oxygens (including phenoxy) is 3. The molecule has 3 aromatic rings. The first-order chi connectivity index (χ1) is 24.4. The number of methoxy groups -OCH3 is 3. The maximum Gasteiger partial charge on any atom is 0.306 e. The second-order valence-electron chi connectivity index (χ2n) is 13.2. The van der Waals surface area contributed by atoms with Crippen molar-refractivity contribution in [1.29, 1.82) is 0 Å². The lowest BCUT2D eigenvalue weighted by Gasteiger charge is -2.16. The summed E-state index contributed by atoms with van der Waals surface area (Å²) in [7, 11) is 3.97. The molecule has 3 aliphatic carbocycles. The Morgan fingerprint density at radius 3 is 0.961 bits per heavy atom. The van der Waals surface area contributed by atoms with Gasteiger partial charge in [0.05, 0.1) is 40.6 Å². The topological polar surface area (TPSA) is 140 Å². The molecule has 3 fully saturated rings. The van der Waals surface area contributed by atoms with E-state index < -0.39 is 17.5 Å². The van der Waals surface area contributed by atoms with Crippen molar-refractivity contribution in [2.45, 2.75) is 75.5 Å². The summed E-state index contributed by atoms with van der Waals surface area (Å²) < 4.78 is 55.3. The molecule has 0 aromatic heterocycles. The number of benzene rings is 3. The summed E-state index contributed by atoms with van der Waals surface area (Å²) in [5.74, 6) is -3.55. The fourth-order valence-corrected chi connectivity index (χ4v) is 6.35. The molecule has 9 nitrogen and oxygen atoms in total. The van der Waals surface area contributed by atoms with Crippen LogP contribution in [0.15, 0.2) is 54.6 Å². The van der Waals surface area contributed by atoms with Gasteiger partial charge >= 0.3 is 17.9 Å². The first-order valence-corrected chi connectivity index (χ1v) is 17.0. The van der Waals surface area contributed by atoms with Crippen molar-refractivity contribution in [2.24, 2.45) is 17.8 Å². The van der Waals surface area contributed by atoms with E-state index in [1.807, 2.05) is 0 Å². The molecule has 3 aromatic carbocycles. The van der Waals surface area contributed by atoms with Crippen molar-refractivity contribution in [3.8, 4) is 17.2 Å². The van der Waals surface area contributed by atoms with E-state index in [4.69, 9.17) is 0 Å². The summed E-state index contributed by atoms with van der Waals surface area (Å²) >= 11 is 0. The molecule has 3 saturated carbocycles. The minimum Gasteiger partial charge on any atom is -0.505 e. The average molecular weight is 715 g/mol. The first kappa shape index (κ1) is 39.1. The van der Waals surface area contributed by atoms with Gasteiger partial charge in [0.15, 0.2) is 34.7 Å². The van der Waals surface area contributed by atoms with Crippen LogP contribution in [0.4, 0.5) is 13.2 Å². The molecule has 1 unspecified atom stereocenters. The third kappa shape index (κ3) is 10.9. The Balaban J connectivity index is 0.000000172. The van der Waals surface area contributed by atoms with E-state index in [1.165, 1.54) is 39.5 Å². The van der Waals surface area contributed by atoms with Crippen LogP contribution in [0.5, 0.6) is 17.2 Å². The van der Waals surface area contributed by atoms with Gasteiger partial charge in [-0.05, 0) is 91.2 Å². The van der Waals surface area contributed by atoms with Crippen LogP contribution in [0.3, 0.4) is 0 Å². The van der Waals surface area contributed by atoms with Gasteiger partial charge in [0.2, 0.25) is 0 Å². The molecule has 3 N–H and O–H groups in total. The molecular formula is C39H45F3O9. The van der Waals surface area contributed by atoms with Gasteiger partial charge in [0.1, 0.15) is 0 Å². The van der Waals surface area contributed by atoms with Crippen molar-refractivity contribution in [3.63, 3.8) is 0 Å². The summed E-state index contributed by atoms with van der Waals surface area (Å²) in [5, 5.41) is 28.1. The number of hydrogen-bond acceptors (Lipinski definition) is 9. The van der Waals surface area contributed by atoms with Crippen LogP contribution in [0.1, 0.15) is 92.2 Å². The fourth-order valence-electron chi connectivity index (χ4n) is 6.35. The number of carbonyl (C=O) groups excluding carboxylic acids is 3. The number of carbonyl (C=O) groups is 3. The van der Waals surface area contributed by atoms with Gasteiger partial charge in [-0.1, -0.05) is 36.4 Å². The number of phenolic OH excluding ortho intramolecular Hbond substituents is 3. The Hall–Kier alpha value is -4.74. The molecule has 51 heavy (non-hydrogen) atoms. The molecule has 0 bridgehead atoms. The summed E-state index contributed by atoms with van der Waals surface area (Å²) in [6, 6.07) is 13.6. The Labute approximate surface area is 295 Å². The maximum absolute atomic E-state index is 13.8. The van der Waals surface area contributed by atoms with Gasteiger partial charge in [-0.25, -0.2) is 13.2 Å². The van der Waals surface area contributed by atoms with Crippen molar-refractivity contribution in [1.82, 2.24) is 0 Å². The molecule has 0 saturated heterocycles. The minimum atomic E-state index is -0.617. The normalized spacial score (nSPS) is 16.6. The van der Waals surface area contributed by atoms with Gasteiger partial charge < -0.3 is 29.5 Å². The van der Waals surface area contributed by atoms with E-state index in [-0.39, 0.29) is 72.2 Å². The van der Waals surface area contributed by atoms with E-state index in [1.54, 1.807) is 36.4 Å². The number of esters is 3. The molecule has 0 spiro atoms. The predicted octanol–water partition coefficient (Wildman–Crippen LogP) is 7.76. The van der Waals surface area contributed by atoms with E-state index in [2.05, 4.69) is 14.2 Å². The van der Waals surface area contributed by atoms with E-state index in [9.17, 15) is 42.9 Å². The Morgan fingerprint density at radius 1 is 0.529 bits per heavy atom. The fraction of sp³-hybridized carbons (Fsp3) is 0.462. The molecule has 0 radical (unpaired) electrons. The highest BCUT2D eigenvalue weighted by Gasteiger charge is 2.38. The molecule has 12 heteroatoms. The number of hydrogen-bond donors (Lipinski definition) is 3. The number of halogens is 3.